The Hall–Kier alpha value is -0.470. The maximum Gasteiger partial charge on any atom is 0.252 e. The average molecular weight is 318 g/mol. The predicted molar refractivity (Wildman–Crippen MR) is 80.4 cm³/mol. The summed E-state index contributed by atoms with van der Waals surface area (Å²) in [5, 5.41) is 0. The van der Waals surface area contributed by atoms with Crippen LogP contribution in [0.25, 0.3) is 0 Å². The van der Waals surface area contributed by atoms with Gasteiger partial charge in [0, 0.05) is 25.1 Å². The lowest BCUT2D eigenvalue weighted by molar-refractivity contribution is 0.117. The third-order valence-electron chi connectivity index (χ3n) is 3.29. The normalized spacial score (nSPS) is 15.9. The molecule has 0 unspecified atom stereocenters. The van der Waals surface area contributed by atoms with E-state index in [0.29, 0.717) is 36.2 Å². The summed E-state index contributed by atoms with van der Waals surface area (Å²) in [4.78, 5) is 1.00. The van der Waals surface area contributed by atoms with Crippen molar-refractivity contribution < 1.29 is 13.2 Å². The summed E-state index contributed by atoms with van der Waals surface area (Å²) in [7, 11) is -1.80. The highest BCUT2D eigenvalue weighted by molar-refractivity contribution is 7.91. The molecule has 1 aromatic heterocycles. The van der Waals surface area contributed by atoms with Gasteiger partial charge >= 0.3 is 0 Å². The number of hydrogen-bond acceptors (Lipinski definition) is 5. The van der Waals surface area contributed by atoms with Crippen molar-refractivity contribution in [2.24, 2.45) is 11.7 Å². The fraction of sp³-hybridized carbons (Fsp3) is 0.692. The molecule has 7 heteroatoms. The van der Waals surface area contributed by atoms with Crippen molar-refractivity contribution in [2.75, 3.05) is 33.4 Å². The molecule has 20 heavy (non-hydrogen) atoms. The van der Waals surface area contributed by atoms with Gasteiger partial charge in [-0.05, 0) is 43.9 Å². The lowest BCUT2D eigenvalue weighted by atomic mass is 10.3. The minimum Gasteiger partial charge on any atom is -0.380 e. The van der Waals surface area contributed by atoms with Crippen LogP contribution in [0.3, 0.4) is 0 Å². The SMILES string of the molecule is CN(CCOCC1CC1)S(=O)(=O)c1ccc(CCN)s1. The average Bonchev–Trinajstić information content (AvgIpc) is 3.11. The summed E-state index contributed by atoms with van der Waals surface area (Å²) in [5.41, 5.74) is 5.48. The molecule has 2 N–H and O–H groups in total. The van der Waals surface area contributed by atoms with Crippen molar-refractivity contribution in [2.45, 2.75) is 23.5 Å². The highest BCUT2D eigenvalue weighted by Gasteiger charge is 2.24. The Labute approximate surface area is 124 Å². The maximum atomic E-state index is 12.3. The van der Waals surface area contributed by atoms with Gasteiger partial charge < -0.3 is 10.5 Å². The Morgan fingerprint density at radius 1 is 1.45 bits per heavy atom. The summed E-state index contributed by atoms with van der Waals surface area (Å²) in [6.07, 6.45) is 3.20. The standard InChI is InChI=1S/C13H22N2O3S2/c1-15(8-9-18-10-11-2-3-11)20(16,17)13-5-4-12(19-13)6-7-14/h4-5,11H,2-3,6-10,14H2,1H3. The van der Waals surface area contributed by atoms with E-state index in [2.05, 4.69) is 0 Å². The quantitative estimate of drug-likeness (QED) is 0.697. The predicted octanol–water partition coefficient (Wildman–Crippen LogP) is 1.30. The summed E-state index contributed by atoms with van der Waals surface area (Å²) in [6.45, 7) is 2.13. The summed E-state index contributed by atoms with van der Waals surface area (Å²) >= 11 is 1.30. The van der Waals surface area contributed by atoms with Gasteiger partial charge in [0.15, 0.2) is 0 Å². The molecule has 1 saturated carbocycles. The van der Waals surface area contributed by atoms with Gasteiger partial charge in [0.1, 0.15) is 4.21 Å². The highest BCUT2D eigenvalue weighted by atomic mass is 32.2. The first-order valence-corrected chi connectivity index (χ1v) is 9.12. The molecule has 1 fully saturated rings. The van der Waals surface area contributed by atoms with Crippen molar-refractivity contribution in [3.63, 3.8) is 0 Å². The molecule has 114 valence electrons. The number of likely N-dealkylation sites (N-methyl/N-ethyl adjacent to an activating group) is 1. The molecule has 1 aromatic rings. The molecule has 1 heterocycles. The third kappa shape index (κ3) is 4.26. The second-order valence-electron chi connectivity index (χ2n) is 5.10. The first-order chi connectivity index (χ1) is 9.54. The second kappa shape index (κ2) is 7.00. The number of sulfonamides is 1. The molecule has 0 aliphatic heterocycles. The van der Waals surface area contributed by atoms with Crippen molar-refractivity contribution in [3.8, 4) is 0 Å². The Balaban J connectivity index is 1.86. The summed E-state index contributed by atoms with van der Waals surface area (Å²) < 4.78 is 31.9. The molecule has 5 nitrogen and oxygen atoms in total. The molecule has 0 bridgehead atoms. The first-order valence-electron chi connectivity index (χ1n) is 6.87. The first kappa shape index (κ1) is 15.9. The van der Waals surface area contributed by atoms with E-state index < -0.39 is 10.0 Å². The number of nitrogens with two attached hydrogens (primary N) is 1. The molecule has 0 radical (unpaired) electrons. The zero-order chi connectivity index (χ0) is 14.6. The Bertz CT molecular complexity index is 523. The summed E-state index contributed by atoms with van der Waals surface area (Å²) in [6, 6.07) is 3.49. The van der Waals surface area contributed by atoms with Crippen molar-refractivity contribution in [1.82, 2.24) is 4.31 Å². The van der Waals surface area contributed by atoms with E-state index in [0.717, 1.165) is 11.5 Å². The molecule has 0 atom stereocenters. The molecular formula is C13H22N2O3S2. The van der Waals surface area contributed by atoms with Crippen LogP contribution in [0.5, 0.6) is 0 Å². The van der Waals surface area contributed by atoms with E-state index in [4.69, 9.17) is 10.5 Å². The van der Waals surface area contributed by atoms with Crippen LogP contribution in [0.2, 0.25) is 0 Å². The van der Waals surface area contributed by atoms with Gasteiger partial charge in [-0.25, -0.2) is 8.42 Å². The largest absolute Gasteiger partial charge is 0.380 e. The van der Waals surface area contributed by atoms with Crippen LogP contribution in [-0.4, -0.2) is 46.1 Å². The van der Waals surface area contributed by atoms with Crippen molar-refractivity contribution in [1.29, 1.82) is 0 Å². The van der Waals surface area contributed by atoms with E-state index in [1.165, 1.54) is 28.5 Å². The number of thiophene rings is 1. The van der Waals surface area contributed by atoms with Crippen LogP contribution < -0.4 is 5.73 Å². The molecular weight excluding hydrogens is 296 g/mol. The fourth-order valence-electron chi connectivity index (χ4n) is 1.77. The molecule has 1 aliphatic carbocycles. The smallest absolute Gasteiger partial charge is 0.252 e. The van der Waals surface area contributed by atoms with Crippen LogP contribution in [0, 0.1) is 5.92 Å². The van der Waals surface area contributed by atoms with Crippen LogP contribution in [0.1, 0.15) is 17.7 Å². The Morgan fingerprint density at radius 3 is 2.85 bits per heavy atom. The number of hydrogen-bond donors (Lipinski definition) is 1. The minimum atomic E-state index is -3.39. The van der Waals surface area contributed by atoms with E-state index in [-0.39, 0.29) is 0 Å². The van der Waals surface area contributed by atoms with Crippen LogP contribution in [0.15, 0.2) is 16.3 Å². The molecule has 1 aliphatic rings. The fourth-order valence-corrected chi connectivity index (χ4v) is 4.51. The van der Waals surface area contributed by atoms with Crippen LogP contribution >= 0.6 is 11.3 Å². The lowest BCUT2D eigenvalue weighted by Crippen LogP contribution is -2.30. The topological polar surface area (TPSA) is 72.6 Å². The van der Waals surface area contributed by atoms with Gasteiger partial charge in [0.05, 0.1) is 6.61 Å². The highest BCUT2D eigenvalue weighted by Crippen LogP contribution is 2.28. The van der Waals surface area contributed by atoms with Crippen molar-refractivity contribution in [3.05, 3.63) is 17.0 Å². The zero-order valence-electron chi connectivity index (χ0n) is 11.7. The molecule has 0 aromatic carbocycles. The molecule has 2 rings (SSSR count). The lowest BCUT2D eigenvalue weighted by Gasteiger charge is -2.15. The Kier molecular flexibility index (Phi) is 5.57. The van der Waals surface area contributed by atoms with Gasteiger partial charge in [-0.1, -0.05) is 0 Å². The van der Waals surface area contributed by atoms with E-state index in [9.17, 15) is 8.42 Å². The number of ether oxygens (including phenoxy) is 1. The van der Waals surface area contributed by atoms with E-state index in [1.54, 1.807) is 13.1 Å². The van der Waals surface area contributed by atoms with Gasteiger partial charge in [0.25, 0.3) is 10.0 Å². The minimum absolute atomic E-state index is 0.380. The maximum absolute atomic E-state index is 12.3. The third-order valence-corrected chi connectivity index (χ3v) is 6.76. The van der Waals surface area contributed by atoms with Gasteiger partial charge in [-0.2, -0.15) is 4.31 Å². The Morgan fingerprint density at radius 2 is 2.20 bits per heavy atom. The van der Waals surface area contributed by atoms with E-state index in [1.807, 2.05) is 6.07 Å². The second-order valence-corrected chi connectivity index (χ2v) is 8.54. The monoisotopic (exact) mass is 318 g/mol. The molecule has 0 amide bonds. The van der Waals surface area contributed by atoms with Crippen LogP contribution in [0.4, 0.5) is 0 Å². The summed E-state index contributed by atoms with van der Waals surface area (Å²) in [5.74, 6) is 0.702. The number of rotatable bonds is 9. The zero-order valence-corrected chi connectivity index (χ0v) is 13.4. The molecule has 0 spiro atoms. The number of nitrogens with zero attached hydrogens (tertiary/aromatic N) is 1. The van der Waals surface area contributed by atoms with E-state index >= 15 is 0 Å². The van der Waals surface area contributed by atoms with Gasteiger partial charge in [-0.3, -0.25) is 0 Å². The van der Waals surface area contributed by atoms with Gasteiger partial charge in [0.2, 0.25) is 0 Å². The van der Waals surface area contributed by atoms with Crippen molar-refractivity contribution >= 4 is 21.4 Å². The van der Waals surface area contributed by atoms with Gasteiger partial charge in [-0.15, -0.1) is 11.3 Å². The molecule has 0 saturated heterocycles. The van der Waals surface area contributed by atoms with Crippen LogP contribution in [-0.2, 0) is 21.2 Å².